The number of ketones is 1. The highest BCUT2D eigenvalue weighted by Gasteiger charge is 2.10. The van der Waals surface area contributed by atoms with Crippen LogP contribution in [0.5, 0.6) is 0 Å². The number of aromatic nitrogens is 2. The summed E-state index contributed by atoms with van der Waals surface area (Å²) in [5.74, 6) is -2.15. The molecular weight excluding hydrogens is 226 g/mol. The molecule has 0 bridgehead atoms. The third-order valence-electron chi connectivity index (χ3n) is 2.22. The first-order valence-corrected chi connectivity index (χ1v) is 4.90. The largest absolute Gasteiger partial charge is 0.292 e. The van der Waals surface area contributed by atoms with Gasteiger partial charge in [0.2, 0.25) is 0 Å². The van der Waals surface area contributed by atoms with E-state index in [9.17, 15) is 13.6 Å². The van der Waals surface area contributed by atoms with Crippen molar-refractivity contribution in [2.24, 2.45) is 0 Å². The van der Waals surface area contributed by atoms with Gasteiger partial charge in [0.25, 0.3) is 0 Å². The summed E-state index contributed by atoms with van der Waals surface area (Å²) in [5, 5.41) is 0. The predicted octanol–water partition coefficient (Wildman–Crippen LogP) is 2.18. The van der Waals surface area contributed by atoms with Crippen molar-refractivity contribution in [2.45, 2.75) is 6.42 Å². The first-order valence-electron chi connectivity index (χ1n) is 4.90. The molecule has 0 aliphatic rings. The van der Waals surface area contributed by atoms with E-state index in [2.05, 4.69) is 9.97 Å². The second-order valence-corrected chi connectivity index (χ2v) is 3.44. The summed E-state index contributed by atoms with van der Waals surface area (Å²) in [4.78, 5) is 19.2. The number of hydrogen-bond donors (Lipinski definition) is 0. The van der Waals surface area contributed by atoms with Gasteiger partial charge in [-0.2, -0.15) is 0 Å². The minimum absolute atomic E-state index is 0.0196. The van der Waals surface area contributed by atoms with Crippen molar-refractivity contribution in [3.8, 4) is 0 Å². The van der Waals surface area contributed by atoms with E-state index in [4.69, 9.17) is 0 Å². The molecule has 0 saturated heterocycles. The zero-order chi connectivity index (χ0) is 12.3. The van der Waals surface area contributed by atoms with Crippen LogP contribution in [0, 0.1) is 11.6 Å². The molecule has 1 aromatic carbocycles. The highest BCUT2D eigenvalue weighted by atomic mass is 19.2. The van der Waals surface area contributed by atoms with Crippen molar-refractivity contribution in [1.29, 1.82) is 0 Å². The van der Waals surface area contributed by atoms with E-state index in [1.807, 2.05) is 0 Å². The van der Waals surface area contributed by atoms with Crippen LogP contribution in [0.1, 0.15) is 16.1 Å². The summed E-state index contributed by atoms with van der Waals surface area (Å²) in [7, 11) is 0. The van der Waals surface area contributed by atoms with E-state index in [1.54, 1.807) is 0 Å². The Kier molecular flexibility index (Phi) is 3.18. The number of hydrogen-bond acceptors (Lipinski definition) is 3. The van der Waals surface area contributed by atoms with E-state index < -0.39 is 11.6 Å². The van der Waals surface area contributed by atoms with Crippen LogP contribution >= 0.6 is 0 Å². The van der Waals surface area contributed by atoms with Gasteiger partial charge in [0.05, 0.1) is 0 Å². The average molecular weight is 234 g/mol. The Labute approximate surface area is 96.2 Å². The molecule has 0 N–H and O–H groups in total. The average Bonchev–Trinajstić information content (AvgIpc) is 2.35. The molecule has 0 radical (unpaired) electrons. The van der Waals surface area contributed by atoms with E-state index in [-0.39, 0.29) is 17.9 Å². The maximum absolute atomic E-state index is 12.9. The smallest absolute Gasteiger partial charge is 0.185 e. The molecule has 1 heterocycles. The highest BCUT2D eigenvalue weighted by Crippen LogP contribution is 2.10. The summed E-state index contributed by atoms with van der Waals surface area (Å²) in [5.41, 5.74) is 0.664. The summed E-state index contributed by atoms with van der Waals surface area (Å²) in [6.45, 7) is 0. The number of carbonyl (C=O) groups excluding carboxylic acids is 1. The zero-order valence-corrected chi connectivity index (χ0v) is 8.73. The fourth-order valence-corrected chi connectivity index (χ4v) is 1.38. The highest BCUT2D eigenvalue weighted by molar-refractivity contribution is 5.95. The Morgan fingerprint density at radius 2 is 2.00 bits per heavy atom. The molecule has 3 nitrogen and oxygen atoms in total. The first-order chi connectivity index (χ1) is 8.16. The molecule has 0 atom stereocenters. The van der Waals surface area contributed by atoms with Crippen LogP contribution in [-0.2, 0) is 6.42 Å². The molecule has 17 heavy (non-hydrogen) atoms. The van der Waals surface area contributed by atoms with Crippen molar-refractivity contribution >= 4 is 5.78 Å². The standard InChI is InChI=1S/C12H8F2N2O/c13-9-2-1-8(5-10(9)14)6-12(17)11-3-4-15-7-16-11/h1-5,7H,6H2. The lowest BCUT2D eigenvalue weighted by atomic mass is 10.1. The molecule has 0 spiro atoms. The van der Waals surface area contributed by atoms with Gasteiger partial charge in [0.1, 0.15) is 12.0 Å². The van der Waals surface area contributed by atoms with Gasteiger partial charge in [-0.1, -0.05) is 6.07 Å². The molecule has 0 aliphatic heterocycles. The van der Waals surface area contributed by atoms with Crippen LogP contribution in [-0.4, -0.2) is 15.8 Å². The summed E-state index contributed by atoms with van der Waals surface area (Å²) in [6, 6.07) is 4.85. The van der Waals surface area contributed by atoms with Gasteiger partial charge in [-0.3, -0.25) is 4.79 Å². The Morgan fingerprint density at radius 3 is 2.65 bits per heavy atom. The molecular formula is C12H8F2N2O. The fraction of sp³-hybridized carbons (Fsp3) is 0.0833. The topological polar surface area (TPSA) is 42.9 Å². The van der Waals surface area contributed by atoms with Crippen molar-refractivity contribution in [1.82, 2.24) is 9.97 Å². The molecule has 2 rings (SSSR count). The van der Waals surface area contributed by atoms with Crippen LogP contribution in [0.25, 0.3) is 0 Å². The maximum Gasteiger partial charge on any atom is 0.185 e. The van der Waals surface area contributed by atoms with Crippen LogP contribution in [0.3, 0.4) is 0 Å². The fourth-order valence-electron chi connectivity index (χ4n) is 1.38. The van der Waals surface area contributed by atoms with E-state index >= 15 is 0 Å². The molecule has 0 aliphatic carbocycles. The third-order valence-corrected chi connectivity index (χ3v) is 2.22. The number of Topliss-reactive ketones (excluding diaryl/α,β-unsaturated/α-hetero) is 1. The van der Waals surface area contributed by atoms with Gasteiger partial charge < -0.3 is 0 Å². The normalized spacial score (nSPS) is 10.2. The maximum atomic E-state index is 12.9. The predicted molar refractivity (Wildman–Crippen MR) is 56.4 cm³/mol. The molecule has 0 fully saturated rings. The Balaban J connectivity index is 2.16. The molecule has 2 aromatic rings. The first kappa shape index (κ1) is 11.3. The zero-order valence-electron chi connectivity index (χ0n) is 8.73. The summed E-state index contributed by atoms with van der Waals surface area (Å²) in [6.07, 6.45) is 2.69. The van der Waals surface area contributed by atoms with Gasteiger partial charge in [0, 0.05) is 12.6 Å². The van der Waals surface area contributed by atoms with Gasteiger partial charge in [-0.25, -0.2) is 18.7 Å². The van der Waals surface area contributed by atoms with E-state index in [1.165, 1.54) is 24.7 Å². The molecule has 86 valence electrons. The Hall–Kier alpha value is -2.17. The second kappa shape index (κ2) is 4.78. The summed E-state index contributed by atoms with van der Waals surface area (Å²) >= 11 is 0. The molecule has 0 amide bonds. The number of nitrogens with zero attached hydrogens (tertiary/aromatic N) is 2. The lowest BCUT2D eigenvalue weighted by Gasteiger charge is -2.01. The minimum atomic E-state index is -0.960. The third kappa shape index (κ3) is 2.69. The van der Waals surface area contributed by atoms with Gasteiger partial charge in [0.15, 0.2) is 17.4 Å². The van der Waals surface area contributed by atoms with Gasteiger partial charge in [-0.15, -0.1) is 0 Å². The van der Waals surface area contributed by atoms with Crippen LogP contribution in [0.4, 0.5) is 8.78 Å². The van der Waals surface area contributed by atoms with Crippen LogP contribution in [0.15, 0.2) is 36.8 Å². The minimum Gasteiger partial charge on any atom is -0.292 e. The van der Waals surface area contributed by atoms with Crippen molar-refractivity contribution in [2.75, 3.05) is 0 Å². The van der Waals surface area contributed by atoms with Crippen molar-refractivity contribution < 1.29 is 13.6 Å². The Bertz CT molecular complexity index is 543. The van der Waals surface area contributed by atoms with E-state index in [0.717, 1.165) is 12.1 Å². The molecule has 1 aromatic heterocycles. The van der Waals surface area contributed by atoms with Crippen LogP contribution in [0.2, 0.25) is 0 Å². The molecule has 0 saturated carbocycles. The SMILES string of the molecule is O=C(Cc1ccc(F)c(F)c1)c1ccncn1. The van der Waals surface area contributed by atoms with Crippen molar-refractivity contribution in [3.63, 3.8) is 0 Å². The lowest BCUT2D eigenvalue weighted by molar-refractivity contribution is 0.0988. The van der Waals surface area contributed by atoms with Gasteiger partial charge in [-0.05, 0) is 23.8 Å². The Morgan fingerprint density at radius 1 is 1.18 bits per heavy atom. The van der Waals surface area contributed by atoms with Gasteiger partial charge >= 0.3 is 0 Å². The number of benzene rings is 1. The van der Waals surface area contributed by atoms with Crippen molar-refractivity contribution in [3.05, 3.63) is 59.7 Å². The number of rotatable bonds is 3. The molecule has 5 heteroatoms. The summed E-state index contributed by atoms with van der Waals surface area (Å²) < 4.78 is 25.6. The quantitative estimate of drug-likeness (QED) is 0.764. The van der Waals surface area contributed by atoms with Crippen LogP contribution < -0.4 is 0 Å². The number of carbonyl (C=O) groups is 1. The lowest BCUT2D eigenvalue weighted by Crippen LogP contribution is -2.06. The second-order valence-electron chi connectivity index (χ2n) is 3.44. The monoisotopic (exact) mass is 234 g/mol. The molecule has 0 unspecified atom stereocenters. The number of halogens is 2. The van der Waals surface area contributed by atoms with E-state index in [0.29, 0.717) is 5.56 Å².